The van der Waals surface area contributed by atoms with Gasteiger partial charge in [-0.25, -0.2) is 9.78 Å². The van der Waals surface area contributed by atoms with Crippen molar-refractivity contribution < 1.29 is 41.7 Å². The number of amides is 1. The maximum Gasteiger partial charge on any atom is 0.417 e. The predicted octanol–water partition coefficient (Wildman–Crippen LogP) is 3.58. The van der Waals surface area contributed by atoms with Gasteiger partial charge in [0.2, 0.25) is 12.1 Å². The molecule has 0 fully saturated rings. The second-order valence-electron chi connectivity index (χ2n) is 5.99. The van der Waals surface area contributed by atoms with Gasteiger partial charge in [-0.15, -0.1) is 0 Å². The summed E-state index contributed by atoms with van der Waals surface area (Å²) in [5.74, 6) is -1.10. The minimum absolute atomic E-state index is 0.204. The van der Waals surface area contributed by atoms with Crippen LogP contribution in [0.4, 0.5) is 13.2 Å². The molecular formula is C19H18ClF3N2O6. The van der Waals surface area contributed by atoms with E-state index >= 15 is 0 Å². The number of carbonyl (C=O) groups is 2. The van der Waals surface area contributed by atoms with Crippen molar-refractivity contribution in [3.8, 4) is 17.4 Å². The number of carbonyl (C=O) groups excluding carboxylic acids is 2. The summed E-state index contributed by atoms with van der Waals surface area (Å²) < 4.78 is 58.2. The molecule has 1 heterocycles. The fraction of sp³-hybridized carbons (Fsp3) is 0.316. The first-order valence-corrected chi connectivity index (χ1v) is 9.01. The van der Waals surface area contributed by atoms with E-state index in [2.05, 4.69) is 15.0 Å². The Bertz CT molecular complexity index is 924. The molecule has 2 atom stereocenters. The molecule has 12 heteroatoms. The number of nitrogens with one attached hydrogen (secondary N) is 1. The Labute approximate surface area is 180 Å². The van der Waals surface area contributed by atoms with Crippen molar-refractivity contribution in [2.24, 2.45) is 0 Å². The molecule has 0 spiro atoms. The number of ether oxygens (including phenoxy) is 4. The molecule has 1 aromatic carbocycles. The lowest BCUT2D eigenvalue weighted by atomic mass is 10.3. The number of hydrogen-bond acceptors (Lipinski definition) is 7. The van der Waals surface area contributed by atoms with Gasteiger partial charge in [0.25, 0.3) is 5.91 Å². The van der Waals surface area contributed by atoms with Crippen LogP contribution in [0.2, 0.25) is 5.02 Å². The van der Waals surface area contributed by atoms with E-state index in [1.807, 2.05) is 0 Å². The third-order valence-electron chi connectivity index (χ3n) is 3.78. The van der Waals surface area contributed by atoms with Gasteiger partial charge in [-0.1, -0.05) is 11.6 Å². The van der Waals surface area contributed by atoms with Gasteiger partial charge in [0.1, 0.15) is 16.5 Å². The number of benzene rings is 1. The van der Waals surface area contributed by atoms with Crippen molar-refractivity contribution in [1.82, 2.24) is 10.3 Å². The number of rotatable bonds is 8. The molecule has 1 aromatic heterocycles. The third-order valence-corrected chi connectivity index (χ3v) is 4.05. The van der Waals surface area contributed by atoms with Crippen molar-refractivity contribution in [2.75, 3.05) is 14.2 Å². The molecule has 168 valence electrons. The molecule has 0 aliphatic rings. The summed E-state index contributed by atoms with van der Waals surface area (Å²) in [7, 11) is 2.38. The molecule has 0 bridgehead atoms. The standard InChI is InChI=1S/C19H18ClF3N2O6/c1-10(15(26)25-17(28-2)18(27)29-3)30-12-4-6-13(7-5-12)31-16-14(20)8-11(9-24-16)19(21,22)23/h4-10,17H,1-3H3,(H,25,26). The second-order valence-corrected chi connectivity index (χ2v) is 6.40. The number of halogens is 4. The van der Waals surface area contributed by atoms with Crippen molar-refractivity contribution in [1.29, 1.82) is 0 Å². The van der Waals surface area contributed by atoms with E-state index in [1.165, 1.54) is 38.3 Å². The first-order chi connectivity index (χ1) is 14.5. The lowest BCUT2D eigenvalue weighted by molar-refractivity contribution is -0.157. The molecule has 8 nitrogen and oxygen atoms in total. The van der Waals surface area contributed by atoms with Crippen LogP contribution in [0.3, 0.4) is 0 Å². The van der Waals surface area contributed by atoms with Gasteiger partial charge in [0, 0.05) is 13.3 Å². The lowest BCUT2D eigenvalue weighted by Crippen LogP contribution is -2.47. The molecule has 1 amide bonds. The maximum absolute atomic E-state index is 12.7. The van der Waals surface area contributed by atoms with E-state index in [-0.39, 0.29) is 22.4 Å². The summed E-state index contributed by atoms with van der Waals surface area (Å²) in [6, 6.07) is 6.53. The van der Waals surface area contributed by atoms with Crippen molar-refractivity contribution in [3.63, 3.8) is 0 Å². The highest BCUT2D eigenvalue weighted by Gasteiger charge is 2.32. The zero-order valence-corrected chi connectivity index (χ0v) is 17.3. The molecule has 0 aliphatic heterocycles. The van der Waals surface area contributed by atoms with Crippen LogP contribution in [0, 0.1) is 0 Å². The molecule has 31 heavy (non-hydrogen) atoms. The SMILES string of the molecule is COC(=O)C(NC(=O)C(C)Oc1ccc(Oc2ncc(C(F)(F)F)cc2Cl)cc1)OC. The first kappa shape index (κ1) is 24.2. The molecule has 2 unspecified atom stereocenters. The molecule has 0 saturated carbocycles. The third kappa shape index (κ3) is 6.72. The summed E-state index contributed by atoms with van der Waals surface area (Å²) in [5.41, 5.74) is -0.997. The van der Waals surface area contributed by atoms with Crippen LogP contribution in [-0.4, -0.2) is 43.4 Å². The van der Waals surface area contributed by atoms with Gasteiger partial charge >= 0.3 is 12.1 Å². The number of pyridine rings is 1. The predicted molar refractivity (Wildman–Crippen MR) is 102 cm³/mol. The van der Waals surface area contributed by atoms with Gasteiger partial charge < -0.3 is 24.3 Å². The summed E-state index contributed by atoms with van der Waals surface area (Å²) in [5, 5.41) is 2.01. The fourth-order valence-electron chi connectivity index (χ4n) is 2.18. The highest BCUT2D eigenvalue weighted by atomic mass is 35.5. The lowest BCUT2D eigenvalue weighted by Gasteiger charge is -2.19. The monoisotopic (exact) mass is 462 g/mol. The van der Waals surface area contributed by atoms with Gasteiger partial charge in [-0.3, -0.25) is 4.79 Å². The van der Waals surface area contributed by atoms with Gasteiger partial charge in [0.05, 0.1) is 12.7 Å². The van der Waals surface area contributed by atoms with Crippen molar-refractivity contribution >= 4 is 23.5 Å². The minimum Gasteiger partial charge on any atom is -0.481 e. The van der Waals surface area contributed by atoms with Gasteiger partial charge in [0.15, 0.2) is 6.10 Å². The van der Waals surface area contributed by atoms with E-state index < -0.39 is 35.9 Å². The summed E-state index contributed by atoms with van der Waals surface area (Å²) in [6.45, 7) is 1.45. The van der Waals surface area contributed by atoms with Crippen LogP contribution < -0.4 is 14.8 Å². The largest absolute Gasteiger partial charge is 0.481 e. The molecule has 2 rings (SSSR count). The van der Waals surface area contributed by atoms with E-state index in [0.29, 0.717) is 12.3 Å². The van der Waals surface area contributed by atoms with Crippen molar-refractivity contribution in [2.45, 2.75) is 25.4 Å². The average molecular weight is 463 g/mol. The van der Waals surface area contributed by atoms with Crippen molar-refractivity contribution in [3.05, 3.63) is 47.1 Å². The normalized spacial score (nSPS) is 13.1. The van der Waals surface area contributed by atoms with E-state index in [9.17, 15) is 22.8 Å². The number of alkyl halides is 3. The Kier molecular flexibility index (Phi) is 8.06. The number of hydrogen-bond donors (Lipinski definition) is 1. The zero-order chi connectivity index (χ0) is 23.2. The minimum atomic E-state index is -4.57. The number of nitrogens with zero attached hydrogens (tertiary/aromatic N) is 1. The van der Waals surface area contributed by atoms with E-state index in [0.717, 1.165) is 7.11 Å². The number of esters is 1. The molecule has 2 aromatic rings. The first-order valence-electron chi connectivity index (χ1n) is 8.63. The fourth-order valence-corrected chi connectivity index (χ4v) is 2.38. The summed E-state index contributed by atoms with van der Waals surface area (Å²) >= 11 is 5.81. The van der Waals surface area contributed by atoms with Gasteiger partial charge in [-0.05, 0) is 37.3 Å². The maximum atomic E-state index is 12.7. The molecule has 1 N–H and O–H groups in total. The number of aromatic nitrogens is 1. The van der Waals surface area contributed by atoms with Crippen LogP contribution in [0.25, 0.3) is 0 Å². The van der Waals surface area contributed by atoms with Crippen LogP contribution in [0.1, 0.15) is 12.5 Å². The summed E-state index contributed by atoms with van der Waals surface area (Å²) in [6.07, 6.45) is -6.22. The van der Waals surface area contributed by atoms with Crippen LogP contribution in [0.15, 0.2) is 36.5 Å². The van der Waals surface area contributed by atoms with E-state index in [1.54, 1.807) is 0 Å². The average Bonchev–Trinajstić information content (AvgIpc) is 2.73. The van der Waals surface area contributed by atoms with E-state index in [4.69, 9.17) is 25.8 Å². The van der Waals surface area contributed by atoms with Gasteiger partial charge in [-0.2, -0.15) is 13.2 Å². The Morgan fingerprint density at radius 3 is 2.26 bits per heavy atom. The Hall–Kier alpha value is -3.05. The highest BCUT2D eigenvalue weighted by Crippen LogP contribution is 2.34. The molecular weight excluding hydrogens is 445 g/mol. The molecule has 0 saturated heterocycles. The van der Waals surface area contributed by atoms with Crippen LogP contribution in [0.5, 0.6) is 17.4 Å². The second kappa shape index (κ2) is 10.3. The smallest absolute Gasteiger partial charge is 0.417 e. The number of methoxy groups -OCH3 is 2. The van der Waals surface area contributed by atoms with Crippen LogP contribution in [-0.2, 0) is 25.2 Å². The Morgan fingerprint density at radius 1 is 1.13 bits per heavy atom. The Morgan fingerprint density at radius 2 is 1.74 bits per heavy atom. The van der Waals surface area contributed by atoms with Crippen LogP contribution >= 0.6 is 11.6 Å². The summed E-state index contributed by atoms with van der Waals surface area (Å²) in [4.78, 5) is 27.2. The highest BCUT2D eigenvalue weighted by molar-refractivity contribution is 6.31. The quantitative estimate of drug-likeness (QED) is 0.473. The molecule has 0 radical (unpaired) electrons. The zero-order valence-electron chi connectivity index (χ0n) is 16.5. The Balaban J connectivity index is 1.99. The molecule has 0 aliphatic carbocycles. The topological polar surface area (TPSA) is 96.0 Å².